The Balaban J connectivity index is 2.10. The second-order valence-electron chi connectivity index (χ2n) is 4.57. The lowest BCUT2D eigenvalue weighted by Gasteiger charge is -2.12. The van der Waals surface area contributed by atoms with Gasteiger partial charge in [-0.3, -0.25) is 0 Å². The Bertz CT molecular complexity index is 765. The van der Waals surface area contributed by atoms with Crippen LogP contribution in [-0.2, 0) is 5.92 Å². The quantitative estimate of drug-likeness (QED) is 0.588. The van der Waals surface area contributed by atoms with E-state index >= 15 is 0 Å². The van der Waals surface area contributed by atoms with Crippen LogP contribution in [0.5, 0.6) is 0 Å². The number of oxazole rings is 1. The molecule has 0 radical (unpaired) electrons. The maximum Gasteiger partial charge on any atom is 0.347 e. The standard InChI is InChI=1S/C15H10F2INO/c1-9-2-7-13-12(8-9)19-14(20-13)15(16,17)10-3-5-11(18)6-4-10/h2-8H,1H3. The van der Waals surface area contributed by atoms with Crippen molar-refractivity contribution in [3.05, 3.63) is 63.1 Å². The molecule has 0 amide bonds. The molecular formula is C15H10F2INO. The molecule has 1 aromatic heterocycles. The summed E-state index contributed by atoms with van der Waals surface area (Å²) in [5.74, 6) is -3.81. The predicted molar refractivity (Wildman–Crippen MR) is 80.9 cm³/mol. The molecule has 0 atom stereocenters. The molecule has 0 spiro atoms. The maximum absolute atomic E-state index is 14.4. The van der Waals surface area contributed by atoms with E-state index in [0.29, 0.717) is 11.1 Å². The summed E-state index contributed by atoms with van der Waals surface area (Å²) in [5, 5.41) is 0. The highest BCUT2D eigenvalue weighted by Gasteiger charge is 2.39. The minimum absolute atomic E-state index is 0.124. The minimum Gasteiger partial charge on any atom is -0.435 e. The SMILES string of the molecule is Cc1ccc2oc(C(F)(F)c3ccc(I)cc3)nc2c1. The third-order valence-corrected chi connectivity index (χ3v) is 3.74. The topological polar surface area (TPSA) is 26.0 Å². The van der Waals surface area contributed by atoms with Gasteiger partial charge in [0.1, 0.15) is 5.52 Å². The van der Waals surface area contributed by atoms with E-state index in [0.717, 1.165) is 9.13 Å². The van der Waals surface area contributed by atoms with E-state index in [4.69, 9.17) is 4.42 Å². The molecule has 2 nitrogen and oxygen atoms in total. The Morgan fingerprint density at radius 3 is 2.50 bits per heavy atom. The first-order valence-electron chi connectivity index (χ1n) is 5.98. The third kappa shape index (κ3) is 2.30. The molecule has 3 aromatic rings. The van der Waals surface area contributed by atoms with Crippen LogP contribution in [-0.4, -0.2) is 4.98 Å². The van der Waals surface area contributed by atoms with Crippen molar-refractivity contribution in [3.63, 3.8) is 0 Å². The zero-order valence-corrected chi connectivity index (χ0v) is 12.7. The highest BCUT2D eigenvalue weighted by Crippen LogP contribution is 2.36. The van der Waals surface area contributed by atoms with Gasteiger partial charge in [-0.15, -0.1) is 0 Å². The first-order chi connectivity index (χ1) is 9.46. The lowest BCUT2D eigenvalue weighted by Crippen LogP contribution is -2.15. The highest BCUT2D eigenvalue weighted by molar-refractivity contribution is 14.1. The van der Waals surface area contributed by atoms with Crippen molar-refractivity contribution in [2.45, 2.75) is 12.8 Å². The number of rotatable bonds is 2. The monoisotopic (exact) mass is 385 g/mol. The number of hydrogen-bond acceptors (Lipinski definition) is 2. The van der Waals surface area contributed by atoms with E-state index in [1.807, 2.05) is 6.92 Å². The van der Waals surface area contributed by atoms with Crippen LogP contribution in [0.4, 0.5) is 8.78 Å². The predicted octanol–water partition coefficient (Wildman–Crippen LogP) is 4.88. The number of halogens is 3. The summed E-state index contributed by atoms with van der Waals surface area (Å²) in [6.45, 7) is 1.88. The van der Waals surface area contributed by atoms with Gasteiger partial charge in [0.25, 0.3) is 5.89 Å². The Morgan fingerprint density at radius 1 is 1.10 bits per heavy atom. The fraction of sp³-hybridized carbons (Fsp3) is 0.133. The molecule has 0 saturated heterocycles. The maximum atomic E-state index is 14.4. The van der Waals surface area contributed by atoms with E-state index in [1.165, 1.54) is 12.1 Å². The number of benzene rings is 2. The summed E-state index contributed by atoms with van der Waals surface area (Å²) in [4.78, 5) is 3.93. The number of alkyl halides is 2. The molecule has 20 heavy (non-hydrogen) atoms. The smallest absolute Gasteiger partial charge is 0.347 e. The fourth-order valence-corrected chi connectivity index (χ4v) is 2.31. The summed E-state index contributed by atoms with van der Waals surface area (Å²) < 4.78 is 34.9. The summed E-state index contributed by atoms with van der Waals surface area (Å²) in [6.07, 6.45) is 0. The number of nitrogens with zero attached hydrogens (tertiary/aromatic N) is 1. The first kappa shape index (κ1) is 13.5. The number of hydrogen-bond donors (Lipinski definition) is 0. The van der Waals surface area contributed by atoms with Gasteiger partial charge >= 0.3 is 5.92 Å². The van der Waals surface area contributed by atoms with Gasteiger partial charge in [0, 0.05) is 9.13 Å². The van der Waals surface area contributed by atoms with E-state index < -0.39 is 11.8 Å². The average Bonchev–Trinajstić information content (AvgIpc) is 2.83. The Labute approximate surface area is 128 Å². The first-order valence-corrected chi connectivity index (χ1v) is 7.06. The van der Waals surface area contributed by atoms with Crippen LogP contribution < -0.4 is 0 Å². The number of fused-ring (bicyclic) bond motifs is 1. The minimum atomic E-state index is -3.24. The van der Waals surface area contributed by atoms with E-state index in [-0.39, 0.29) is 5.56 Å². The summed E-state index contributed by atoms with van der Waals surface area (Å²) in [6, 6.07) is 11.2. The molecule has 1 heterocycles. The number of aromatic nitrogens is 1. The van der Waals surface area contributed by atoms with Crippen molar-refractivity contribution < 1.29 is 13.2 Å². The normalized spacial score (nSPS) is 12.0. The fourth-order valence-electron chi connectivity index (χ4n) is 1.95. The molecule has 0 aliphatic rings. The molecule has 0 fully saturated rings. The summed E-state index contributed by atoms with van der Waals surface area (Å²) in [5.41, 5.74) is 1.65. The van der Waals surface area contributed by atoms with Crippen molar-refractivity contribution in [2.24, 2.45) is 0 Å². The lowest BCUT2D eigenvalue weighted by molar-refractivity contribution is 0.0148. The van der Waals surface area contributed by atoms with Crippen LogP contribution in [0.3, 0.4) is 0 Å². The molecule has 3 rings (SSSR count). The van der Waals surface area contributed by atoms with Gasteiger partial charge in [-0.2, -0.15) is 8.78 Å². The highest BCUT2D eigenvalue weighted by atomic mass is 127. The second kappa shape index (κ2) is 4.80. The van der Waals surface area contributed by atoms with E-state index in [1.54, 1.807) is 30.3 Å². The van der Waals surface area contributed by atoms with Gasteiger partial charge in [-0.1, -0.05) is 18.2 Å². The average molecular weight is 385 g/mol. The Kier molecular flexibility index (Phi) is 3.24. The van der Waals surface area contributed by atoms with Crippen LogP contribution >= 0.6 is 22.6 Å². The summed E-state index contributed by atoms with van der Waals surface area (Å²) in [7, 11) is 0. The lowest BCUT2D eigenvalue weighted by atomic mass is 10.1. The third-order valence-electron chi connectivity index (χ3n) is 3.02. The number of aryl methyl sites for hydroxylation is 1. The van der Waals surface area contributed by atoms with Gasteiger partial charge in [-0.05, 0) is 59.3 Å². The molecule has 0 N–H and O–H groups in total. The van der Waals surface area contributed by atoms with Gasteiger partial charge in [0.15, 0.2) is 5.58 Å². The molecule has 0 aliphatic heterocycles. The zero-order valence-electron chi connectivity index (χ0n) is 10.5. The van der Waals surface area contributed by atoms with Gasteiger partial charge in [0.2, 0.25) is 0 Å². The van der Waals surface area contributed by atoms with Gasteiger partial charge in [0.05, 0.1) is 0 Å². The molecule has 5 heteroatoms. The van der Waals surface area contributed by atoms with Crippen molar-refractivity contribution in [3.8, 4) is 0 Å². The van der Waals surface area contributed by atoms with Gasteiger partial charge < -0.3 is 4.42 Å². The molecule has 0 unspecified atom stereocenters. The molecule has 0 bridgehead atoms. The van der Waals surface area contributed by atoms with Crippen LogP contribution in [0.1, 0.15) is 17.0 Å². The molecular weight excluding hydrogens is 375 g/mol. The summed E-state index contributed by atoms with van der Waals surface area (Å²) >= 11 is 2.07. The van der Waals surface area contributed by atoms with Crippen molar-refractivity contribution >= 4 is 33.7 Å². The van der Waals surface area contributed by atoms with Gasteiger partial charge in [-0.25, -0.2) is 4.98 Å². The van der Waals surface area contributed by atoms with Crippen LogP contribution in [0.25, 0.3) is 11.1 Å². The molecule has 0 aliphatic carbocycles. The Hall–Kier alpha value is -1.50. The molecule has 0 saturated carbocycles. The van der Waals surface area contributed by atoms with E-state index in [9.17, 15) is 8.78 Å². The van der Waals surface area contributed by atoms with Crippen molar-refractivity contribution in [1.29, 1.82) is 0 Å². The largest absolute Gasteiger partial charge is 0.435 e. The van der Waals surface area contributed by atoms with E-state index in [2.05, 4.69) is 27.6 Å². The Morgan fingerprint density at radius 2 is 1.80 bits per heavy atom. The van der Waals surface area contributed by atoms with Crippen LogP contribution in [0.2, 0.25) is 0 Å². The van der Waals surface area contributed by atoms with Crippen LogP contribution in [0.15, 0.2) is 46.9 Å². The zero-order chi connectivity index (χ0) is 14.3. The van der Waals surface area contributed by atoms with Crippen molar-refractivity contribution in [1.82, 2.24) is 4.98 Å². The second-order valence-corrected chi connectivity index (χ2v) is 5.82. The van der Waals surface area contributed by atoms with Crippen LogP contribution in [0, 0.1) is 10.5 Å². The molecule has 102 valence electrons. The molecule has 2 aromatic carbocycles. The van der Waals surface area contributed by atoms with Crippen molar-refractivity contribution in [2.75, 3.05) is 0 Å².